The number of aliphatic hydroxyl groups is 1. The normalized spacial score (nSPS) is 20.6. The van der Waals surface area contributed by atoms with Gasteiger partial charge in [-0.2, -0.15) is 0 Å². The minimum Gasteiger partial charge on any atom is -0.454 e. The van der Waals surface area contributed by atoms with E-state index in [0.717, 1.165) is 19.3 Å². The minimum atomic E-state index is -1.94. The summed E-state index contributed by atoms with van der Waals surface area (Å²) in [6.07, 6.45) is 2.65. The van der Waals surface area contributed by atoms with E-state index >= 15 is 0 Å². The van der Waals surface area contributed by atoms with E-state index in [1.165, 1.54) is 17.0 Å². The van der Waals surface area contributed by atoms with Crippen LogP contribution < -0.4 is 14.4 Å². The number of carbonyl (C=O) groups is 1. The van der Waals surface area contributed by atoms with Gasteiger partial charge in [0.05, 0.1) is 5.69 Å². The molecule has 1 amide bonds. The molecule has 0 spiro atoms. The molecule has 0 radical (unpaired) electrons. The quantitative estimate of drug-likeness (QED) is 0.834. The van der Waals surface area contributed by atoms with Gasteiger partial charge in [-0.05, 0) is 24.6 Å². The molecule has 26 heavy (non-hydrogen) atoms. The number of hydrogen-bond donors (Lipinski definition) is 1. The lowest BCUT2D eigenvalue weighted by molar-refractivity contribution is -0.132. The fourth-order valence-electron chi connectivity index (χ4n) is 3.63. The van der Waals surface area contributed by atoms with Gasteiger partial charge in [0.1, 0.15) is 5.82 Å². The lowest BCUT2D eigenvalue weighted by atomic mass is 9.87. The molecule has 2 aromatic carbocycles. The number of carbonyl (C=O) groups excluding carboxylic acids is 1. The lowest BCUT2D eigenvalue weighted by Gasteiger charge is -2.24. The van der Waals surface area contributed by atoms with Crippen molar-refractivity contribution in [2.75, 3.05) is 18.2 Å². The average Bonchev–Trinajstić information content (AvgIpc) is 3.19. The molecule has 0 aliphatic carbocycles. The van der Waals surface area contributed by atoms with Crippen LogP contribution in [0.3, 0.4) is 0 Å². The summed E-state index contributed by atoms with van der Waals surface area (Å²) in [7, 11) is 0. The number of halogens is 1. The van der Waals surface area contributed by atoms with Crippen molar-refractivity contribution in [3.05, 3.63) is 53.3 Å². The topological polar surface area (TPSA) is 59.0 Å². The van der Waals surface area contributed by atoms with Gasteiger partial charge in [-0.15, -0.1) is 0 Å². The number of nitrogens with zero attached hydrogens (tertiary/aromatic N) is 1. The highest BCUT2D eigenvalue weighted by atomic mass is 19.1. The van der Waals surface area contributed by atoms with Crippen molar-refractivity contribution in [2.45, 2.75) is 31.8 Å². The molecule has 2 aromatic rings. The molecule has 2 aliphatic rings. The molecule has 4 rings (SSSR count). The maximum Gasteiger partial charge on any atom is 0.268 e. The molecular weight excluding hydrogens is 337 g/mol. The first-order valence-corrected chi connectivity index (χ1v) is 8.80. The summed E-state index contributed by atoms with van der Waals surface area (Å²) < 4.78 is 25.2. The van der Waals surface area contributed by atoms with Crippen molar-refractivity contribution in [3.63, 3.8) is 0 Å². The number of anilines is 1. The van der Waals surface area contributed by atoms with Gasteiger partial charge in [-0.25, -0.2) is 4.39 Å². The Morgan fingerprint density at radius 3 is 2.81 bits per heavy atom. The Hall–Kier alpha value is -2.60. The predicted octanol–water partition coefficient (Wildman–Crippen LogP) is 3.33. The van der Waals surface area contributed by atoms with Crippen molar-refractivity contribution in [1.82, 2.24) is 0 Å². The molecule has 5 nitrogen and oxygen atoms in total. The summed E-state index contributed by atoms with van der Waals surface area (Å²) in [6, 6.07) is 9.28. The van der Waals surface area contributed by atoms with Crippen LogP contribution in [0.15, 0.2) is 36.4 Å². The Morgan fingerprint density at radius 2 is 2.00 bits per heavy atom. The number of benzene rings is 2. The molecule has 0 aromatic heterocycles. The molecule has 6 heteroatoms. The number of hydrogen-bond acceptors (Lipinski definition) is 4. The Bertz CT molecular complexity index is 869. The highest BCUT2D eigenvalue weighted by Gasteiger charge is 2.52. The Labute approximate surface area is 151 Å². The van der Waals surface area contributed by atoms with E-state index in [4.69, 9.17) is 9.47 Å². The van der Waals surface area contributed by atoms with Crippen LogP contribution in [0.2, 0.25) is 0 Å². The van der Waals surface area contributed by atoms with E-state index in [0.29, 0.717) is 23.6 Å². The second-order valence-electron chi connectivity index (χ2n) is 6.58. The summed E-state index contributed by atoms with van der Waals surface area (Å²) in [5, 5.41) is 11.4. The SMILES string of the molecule is CCCCCN1C(=O)C(O)(c2ccc3c(c2)OCO3)c2cccc(F)c21. The molecule has 1 unspecified atom stereocenters. The second kappa shape index (κ2) is 6.29. The zero-order chi connectivity index (χ0) is 18.3. The monoisotopic (exact) mass is 357 g/mol. The highest BCUT2D eigenvalue weighted by Crippen LogP contribution is 2.47. The first-order chi connectivity index (χ1) is 12.6. The summed E-state index contributed by atoms with van der Waals surface area (Å²) in [6.45, 7) is 2.52. The van der Waals surface area contributed by atoms with Gasteiger partial charge in [0.15, 0.2) is 17.1 Å². The van der Waals surface area contributed by atoms with E-state index < -0.39 is 17.3 Å². The van der Waals surface area contributed by atoms with Gasteiger partial charge in [0, 0.05) is 17.7 Å². The maximum atomic E-state index is 14.6. The van der Waals surface area contributed by atoms with Gasteiger partial charge in [0.2, 0.25) is 6.79 Å². The predicted molar refractivity (Wildman–Crippen MR) is 93.8 cm³/mol. The molecule has 136 valence electrons. The van der Waals surface area contributed by atoms with Crippen molar-refractivity contribution in [3.8, 4) is 11.5 Å². The van der Waals surface area contributed by atoms with Gasteiger partial charge < -0.3 is 19.5 Å². The van der Waals surface area contributed by atoms with Gasteiger partial charge >= 0.3 is 0 Å². The Kier molecular flexibility index (Phi) is 4.07. The van der Waals surface area contributed by atoms with E-state index in [1.54, 1.807) is 24.3 Å². The number of ether oxygens (including phenoxy) is 2. The first kappa shape index (κ1) is 16.8. The van der Waals surface area contributed by atoms with E-state index in [2.05, 4.69) is 6.92 Å². The van der Waals surface area contributed by atoms with Crippen LogP contribution >= 0.6 is 0 Å². The second-order valence-corrected chi connectivity index (χ2v) is 6.58. The van der Waals surface area contributed by atoms with Gasteiger partial charge in [-0.1, -0.05) is 38.0 Å². The molecule has 0 saturated heterocycles. The molecule has 0 fully saturated rings. The summed E-state index contributed by atoms with van der Waals surface area (Å²) in [5.74, 6) is -0.0234. The maximum absolute atomic E-state index is 14.6. The third-order valence-corrected chi connectivity index (χ3v) is 4.98. The fourth-order valence-corrected chi connectivity index (χ4v) is 3.63. The standard InChI is InChI=1S/C20H20FNO4/c1-2-3-4-10-22-18-14(6-5-7-15(18)21)20(24,19(22)23)13-8-9-16-17(11-13)26-12-25-16/h5-9,11,24H,2-4,10,12H2,1H3. The van der Waals surface area contributed by atoms with E-state index in [9.17, 15) is 14.3 Å². The van der Waals surface area contributed by atoms with E-state index in [1.807, 2.05) is 0 Å². The number of unbranched alkanes of at least 4 members (excludes halogenated alkanes) is 2. The van der Waals surface area contributed by atoms with Crippen molar-refractivity contribution < 1.29 is 23.8 Å². The minimum absolute atomic E-state index is 0.0967. The van der Waals surface area contributed by atoms with Crippen molar-refractivity contribution in [2.24, 2.45) is 0 Å². The van der Waals surface area contributed by atoms with Crippen LogP contribution in [0, 0.1) is 5.82 Å². The Morgan fingerprint density at radius 1 is 1.19 bits per heavy atom. The third kappa shape index (κ3) is 2.36. The molecule has 0 saturated carbocycles. The summed E-state index contributed by atoms with van der Waals surface area (Å²) in [4.78, 5) is 14.5. The number of amides is 1. The lowest BCUT2D eigenvalue weighted by Crippen LogP contribution is -2.41. The van der Waals surface area contributed by atoms with Crippen LogP contribution in [0.5, 0.6) is 11.5 Å². The molecule has 2 heterocycles. The third-order valence-electron chi connectivity index (χ3n) is 4.98. The zero-order valence-electron chi connectivity index (χ0n) is 14.5. The number of fused-ring (bicyclic) bond motifs is 2. The first-order valence-electron chi connectivity index (χ1n) is 8.80. The highest BCUT2D eigenvalue weighted by molar-refractivity contribution is 6.09. The largest absolute Gasteiger partial charge is 0.454 e. The molecule has 2 aliphatic heterocycles. The Balaban J connectivity index is 1.81. The van der Waals surface area contributed by atoms with Crippen molar-refractivity contribution in [1.29, 1.82) is 0 Å². The van der Waals surface area contributed by atoms with Crippen LogP contribution in [0.4, 0.5) is 10.1 Å². The summed E-state index contributed by atoms with van der Waals surface area (Å²) in [5.41, 5.74) is -1.17. The smallest absolute Gasteiger partial charge is 0.268 e. The number of para-hydroxylation sites is 1. The zero-order valence-corrected chi connectivity index (χ0v) is 14.5. The number of rotatable bonds is 5. The van der Waals surface area contributed by atoms with Crippen LogP contribution in [-0.4, -0.2) is 24.4 Å². The summed E-state index contributed by atoms with van der Waals surface area (Å²) >= 11 is 0. The molecule has 1 N–H and O–H groups in total. The van der Waals surface area contributed by atoms with Crippen molar-refractivity contribution >= 4 is 11.6 Å². The average molecular weight is 357 g/mol. The molecule has 0 bridgehead atoms. The van der Waals surface area contributed by atoms with Gasteiger partial charge in [-0.3, -0.25) is 4.79 Å². The fraction of sp³-hybridized carbons (Fsp3) is 0.350. The molecule has 1 atom stereocenters. The van der Waals surface area contributed by atoms with Gasteiger partial charge in [0.25, 0.3) is 5.91 Å². The van der Waals surface area contributed by atoms with Crippen LogP contribution in [-0.2, 0) is 10.4 Å². The van der Waals surface area contributed by atoms with Crippen LogP contribution in [0.25, 0.3) is 0 Å². The molecular formula is C20H20FNO4. The van der Waals surface area contributed by atoms with Crippen LogP contribution in [0.1, 0.15) is 37.3 Å². The van der Waals surface area contributed by atoms with E-state index in [-0.39, 0.29) is 18.0 Å².